The van der Waals surface area contributed by atoms with E-state index in [1.165, 1.54) is 30.3 Å². The zero-order valence-electron chi connectivity index (χ0n) is 14.8. The van der Waals surface area contributed by atoms with Gasteiger partial charge in [0.15, 0.2) is 12.1 Å². The predicted octanol–water partition coefficient (Wildman–Crippen LogP) is 0.824. The summed E-state index contributed by atoms with van der Waals surface area (Å²) in [5.41, 5.74) is 6.16. The molecule has 28 heavy (non-hydrogen) atoms. The molecule has 1 aliphatic heterocycles. The predicted molar refractivity (Wildman–Crippen MR) is 96.2 cm³/mol. The molecular weight excluding hydrogens is 366 g/mol. The van der Waals surface area contributed by atoms with Gasteiger partial charge in [-0.3, -0.25) is 9.59 Å². The fraction of sp³-hybridized carbons (Fsp3) is 0.300. The summed E-state index contributed by atoms with van der Waals surface area (Å²) in [6, 6.07) is 6.63. The summed E-state index contributed by atoms with van der Waals surface area (Å²) in [5.74, 6) is -1.73. The number of aromatic hydroxyl groups is 2. The fourth-order valence-corrected chi connectivity index (χ4v) is 3.51. The lowest BCUT2D eigenvalue weighted by atomic mass is 9.82. The van der Waals surface area contributed by atoms with Crippen molar-refractivity contribution >= 4 is 11.6 Å². The lowest BCUT2D eigenvalue weighted by Gasteiger charge is -2.31. The number of carbonyl (C=O) groups excluding carboxylic acids is 2. The summed E-state index contributed by atoms with van der Waals surface area (Å²) < 4.78 is 11.0. The molecular formula is C20H19NO7. The summed E-state index contributed by atoms with van der Waals surface area (Å²) in [4.78, 5) is 25.5. The number of benzene rings is 2. The number of hydrogen-bond donors (Lipinski definition) is 4. The van der Waals surface area contributed by atoms with E-state index in [0.29, 0.717) is 12.0 Å². The van der Waals surface area contributed by atoms with Crippen molar-refractivity contribution in [3.8, 4) is 11.5 Å². The Morgan fingerprint density at radius 3 is 2.57 bits per heavy atom. The first-order valence-corrected chi connectivity index (χ1v) is 8.81. The van der Waals surface area contributed by atoms with Gasteiger partial charge in [-0.15, -0.1) is 0 Å². The highest BCUT2D eigenvalue weighted by molar-refractivity contribution is 6.30. The number of ketones is 2. The molecule has 4 rings (SSSR count). The Kier molecular flexibility index (Phi) is 4.64. The number of rotatable bonds is 3. The Balaban J connectivity index is 1.60. The van der Waals surface area contributed by atoms with Crippen LogP contribution < -0.4 is 5.73 Å². The summed E-state index contributed by atoms with van der Waals surface area (Å²) in [5, 5.41) is 29.9. The first-order valence-electron chi connectivity index (χ1n) is 8.81. The third-order valence-electron chi connectivity index (χ3n) is 5.01. The van der Waals surface area contributed by atoms with Crippen molar-refractivity contribution in [2.24, 2.45) is 5.73 Å². The van der Waals surface area contributed by atoms with E-state index in [2.05, 4.69) is 0 Å². The van der Waals surface area contributed by atoms with E-state index in [1.54, 1.807) is 0 Å². The first-order chi connectivity index (χ1) is 13.4. The van der Waals surface area contributed by atoms with Gasteiger partial charge in [0, 0.05) is 23.6 Å². The van der Waals surface area contributed by atoms with Crippen LogP contribution in [0.15, 0.2) is 30.3 Å². The molecule has 146 valence electrons. The minimum absolute atomic E-state index is 0.0166. The molecule has 0 spiro atoms. The smallest absolute Gasteiger partial charge is 0.201 e. The summed E-state index contributed by atoms with van der Waals surface area (Å²) in [6.07, 6.45) is -1.05. The second kappa shape index (κ2) is 6.99. The Labute approximate surface area is 160 Å². The molecule has 1 unspecified atom stereocenters. The van der Waals surface area contributed by atoms with Crippen molar-refractivity contribution in [3.63, 3.8) is 0 Å². The lowest BCUT2D eigenvalue weighted by molar-refractivity contribution is -0.196. The number of hydrogen-bond acceptors (Lipinski definition) is 8. The number of aliphatic hydroxyl groups is 1. The second-order valence-electron chi connectivity index (χ2n) is 6.94. The number of phenolic OH excluding ortho intramolecular Hbond substituents is 2. The highest BCUT2D eigenvalue weighted by atomic mass is 16.7. The first kappa shape index (κ1) is 18.6. The van der Waals surface area contributed by atoms with E-state index in [0.717, 1.165) is 0 Å². The molecule has 1 saturated heterocycles. The quantitative estimate of drug-likeness (QED) is 0.520. The van der Waals surface area contributed by atoms with Gasteiger partial charge in [-0.2, -0.15) is 0 Å². The van der Waals surface area contributed by atoms with E-state index >= 15 is 0 Å². The van der Waals surface area contributed by atoms with Crippen molar-refractivity contribution in [3.05, 3.63) is 58.1 Å². The van der Waals surface area contributed by atoms with E-state index in [9.17, 15) is 24.9 Å². The van der Waals surface area contributed by atoms with Gasteiger partial charge < -0.3 is 30.5 Å². The summed E-state index contributed by atoms with van der Waals surface area (Å²) >= 11 is 0. The van der Waals surface area contributed by atoms with Crippen LogP contribution in [0.25, 0.3) is 0 Å². The maximum atomic E-state index is 12.8. The van der Waals surface area contributed by atoms with Crippen molar-refractivity contribution in [2.45, 2.75) is 31.5 Å². The maximum Gasteiger partial charge on any atom is 0.201 e. The molecule has 3 atom stereocenters. The highest BCUT2D eigenvalue weighted by Gasteiger charge is 2.34. The van der Waals surface area contributed by atoms with Gasteiger partial charge in [-0.1, -0.05) is 12.1 Å². The average Bonchev–Trinajstić information content (AvgIpc) is 2.66. The molecule has 2 aromatic carbocycles. The molecule has 0 saturated carbocycles. The van der Waals surface area contributed by atoms with Crippen LogP contribution in [0.5, 0.6) is 11.5 Å². The minimum atomic E-state index is -0.743. The van der Waals surface area contributed by atoms with Crippen LogP contribution in [0.1, 0.15) is 43.8 Å². The van der Waals surface area contributed by atoms with Crippen molar-refractivity contribution in [2.75, 3.05) is 6.61 Å². The molecule has 0 aromatic heterocycles. The van der Waals surface area contributed by atoms with E-state index in [4.69, 9.17) is 15.2 Å². The third-order valence-corrected chi connectivity index (χ3v) is 5.01. The van der Waals surface area contributed by atoms with Crippen molar-refractivity contribution in [1.29, 1.82) is 0 Å². The third kappa shape index (κ3) is 3.06. The van der Waals surface area contributed by atoms with Gasteiger partial charge in [0.1, 0.15) is 11.5 Å². The number of fused-ring (bicyclic) bond motifs is 2. The maximum absolute atomic E-state index is 12.8. The molecule has 0 amide bonds. The molecule has 1 heterocycles. The van der Waals surface area contributed by atoms with Gasteiger partial charge in [-0.05, 0) is 23.8 Å². The molecule has 8 heteroatoms. The zero-order chi connectivity index (χ0) is 20.0. The molecule has 1 fully saturated rings. The number of ether oxygens (including phenoxy) is 2. The number of carbonyl (C=O) groups is 2. The van der Waals surface area contributed by atoms with Crippen LogP contribution in [0, 0.1) is 0 Å². The zero-order valence-corrected chi connectivity index (χ0v) is 14.8. The average molecular weight is 385 g/mol. The molecule has 0 bridgehead atoms. The van der Waals surface area contributed by atoms with Crippen LogP contribution >= 0.6 is 0 Å². The van der Waals surface area contributed by atoms with Crippen LogP contribution in [-0.4, -0.2) is 51.9 Å². The Morgan fingerprint density at radius 1 is 1.07 bits per heavy atom. The van der Waals surface area contributed by atoms with Crippen molar-refractivity contribution in [1.82, 2.24) is 0 Å². The van der Waals surface area contributed by atoms with Crippen LogP contribution in [0.4, 0.5) is 0 Å². The van der Waals surface area contributed by atoms with Crippen LogP contribution in [0.3, 0.4) is 0 Å². The highest BCUT2D eigenvalue weighted by Crippen LogP contribution is 2.37. The van der Waals surface area contributed by atoms with Gasteiger partial charge in [0.05, 0.1) is 30.4 Å². The molecule has 2 aliphatic rings. The SMILES string of the molecule is NC1C[C@H](OCc2cc(O)c3c(c2)C(=O)c2cccc(O)c2C3=O)OC[C@@H]1O. The monoisotopic (exact) mass is 385 g/mol. The molecule has 1 aliphatic carbocycles. The van der Waals surface area contributed by atoms with E-state index in [-0.39, 0.29) is 47.0 Å². The topological polar surface area (TPSA) is 139 Å². The molecule has 8 nitrogen and oxygen atoms in total. The standard InChI is InChI=1S/C20H19NO7/c21-12-6-16(28-8-15(12)24)27-7-9-4-11-18(14(23)5-9)20(26)17-10(19(11)25)2-1-3-13(17)22/h1-5,12,15-16,22-24H,6-8,21H2/t12?,15-,16+/m0/s1. The van der Waals surface area contributed by atoms with Crippen molar-refractivity contribution < 1.29 is 34.4 Å². The molecule has 5 N–H and O–H groups in total. The lowest BCUT2D eigenvalue weighted by Crippen LogP contribution is -2.47. The Bertz CT molecular complexity index is 971. The van der Waals surface area contributed by atoms with Gasteiger partial charge in [0.25, 0.3) is 0 Å². The number of aliphatic hydroxyl groups excluding tert-OH is 1. The normalized spacial score (nSPS) is 24.0. The summed E-state index contributed by atoms with van der Waals surface area (Å²) in [6.45, 7) is 0.0806. The number of nitrogens with two attached hydrogens (primary N) is 1. The molecule has 2 aromatic rings. The fourth-order valence-electron chi connectivity index (χ4n) is 3.51. The van der Waals surface area contributed by atoms with Crippen LogP contribution in [-0.2, 0) is 16.1 Å². The van der Waals surface area contributed by atoms with Gasteiger partial charge >= 0.3 is 0 Å². The van der Waals surface area contributed by atoms with E-state index < -0.39 is 30.0 Å². The largest absolute Gasteiger partial charge is 0.507 e. The Hall–Kier alpha value is -2.78. The van der Waals surface area contributed by atoms with Gasteiger partial charge in [-0.25, -0.2) is 0 Å². The summed E-state index contributed by atoms with van der Waals surface area (Å²) in [7, 11) is 0. The second-order valence-corrected chi connectivity index (χ2v) is 6.94. The van der Waals surface area contributed by atoms with Gasteiger partial charge in [0.2, 0.25) is 5.78 Å². The van der Waals surface area contributed by atoms with Crippen LogP contribution in [0.2, 0.25) is 0 Å². The minimum Gasteiger partial charge on any atom is -0.507 e. The Morgan fingerprint density at radius 2 is 1.82 bits per heavy atom. The molecule has 0 radical (unpaired) electrons. The number of phenols is 2. The van der Waals surface area contributed by atoms with E-state index in [1.807, 2.05) is 0 Å².